The number of hydrogen-bond acceptors (Lipinski definition) is 5. The molecule has 0 radical (unpaired) electrons. The Morgan fingerprint density at radius 3 is 2.30 bits per heavy atom. The highest BCUT2D eigenvalue weighted by Gasteiger charge is 2.39. The van der Waals surface area contributed by atoms with E-state index in [2.05, 4.69) is 4.74 Å². The Hall–Kier alpha value is -0.650. The summed E-state index contributed by atoms with van der Waals surface area (Å²) in [5.74, 6) is -0.383. The van der Waals surface area contributed by atoms with Crippen LogP contribution in [0.4, 0.5) is 0 Å². The van der Waals surface area contributed by atoms with Crippen LogP contribution in [0.1, 0.15) is 0 Å². The quantitative estimate of drug-likeness (QED) is 0.347. The van der Waals surface area contributed by atoms with Crippen molar-refractivity contribution in [1.82, 2.24) is 0 Å². The lowest BCUT2D eigenvalue weighted by molar-refractivity contribution is -0.00134. The van der Waals surface area contributed by atoms with E-state index in [1.807, 2.05) is 0 Å². The van der Waals surface area contributed by atoms with Crippen LogP contribution in [0.5, 0.6) is 0 Å². The van der Waals surface area contributed by atoms with Crippen molar-refractivity contribution in [2.24, 2.45) is 0 Å². The summed E-state index contributed by atoms with van der Waals surface area (Å²) in [6.07, 6.45) is -3.29. The van der Waals surface area contributed by atoms with Crippen molar-refractivity contribution in [2.45, 2.75) is 18.3 Å². The lowest BCUT2D eigenvalue weighted by atomic mass is 10.1. The average molecular weight is 147 g/mol. The number of hydrogen-bond donors (Lipinski definition) is 4. The highest BCUT2D eigenvalue weighted by Crippen LogP contribution is 2.14. The first-order valence-corrected chi connectivity index (χ1v) is 2.89. The first-order chi connectivity index (χ1) is 4.66. The molecule has 0 unspecified atom stereocenters. The average Bonchev–Trinajstić information content (AvgIpc) is 2.17. The zero-order valence-corrected chi connectivity index (χ0v) is 5.19. The largest absolute Gasteiger partial charge is 0.471 e. The molecule has 1 saturated heterocycles. The molecule has 0 bridgehead atoms. The van der Waals surface area contributed by atoms with Crippen molar-refractivity contribution in [3.63, 3.8) is 0 Å². The third kappa shape index (κ3) is 0.985. The maximum Gasteiger partial charge on any atom is 0.213 e. The highest BCUT2D eigenvalue weighted by molar-refractivity contribution is 5.80. The lowest BCUT2D eigenvalue weighted by Crippen LogP contribution is -2.32. The minimum Gasteiger partial charge on any atom is -0.471 e. The van der Waals surface area contributed by atoms with Crippen molar-refractivity contribution in [2.75, 3.05) is 6.61 Å². The Labute approximate surface area is 57.4 Å². The predicted molar refractivity (Wildman–Crippen MR) is 31.7 cm³/mol. The first kappa shape index (κ1) is 7.46. The minimum atomic E-state index is -1.28. The van der Waals surface area contributed by atoms with Crippen molar-refractivity contribution in [3.05, 3.63) is 0 Å². The summed E-state index contributed by atoms with van der Waals surface area (Å²) in [5, 5.41) is 33.2. The molecule has 3 atom stereocenters. The predicted octanol–water partition coefficient (Wildman–Crippen LogP) is -1.92. The van der Waals surface area contributed by atoms with E-state index in [1.165, 1.54) is 0 Å². The highest BCUT2D eigenvalue weighted by atomic mass is 16.5. The van der Waals surface area contributed by atoms with Gasteiger partial charge >= 0.3 is 0 Å². The summed E-state index contributed by atoms with van der Waals surface area (Å²) in [6.45, 7) is -0.388. The van der Waals surface area contributed by atoms with E-state index in [1.54, 1.807) is 0 Å². The van der Waals surface area contributed by atoms with Gasteiger partial charge in [0.05, 0.1) is 6.61 Å². The van der Waals surface area contributed by atoms with Gasteiger partial charge in [-0.25, -0.2) is 0 Å². The molecule has 0 saturated carbocycles. The number of aliphatic hydroxyl groups is 3. The van der Waals surface area contributed by atoms with Gasteiger partial charge in [-0.15, -0.1) is 0 Å². The molecule has 0 aromatic heterocycles. The molecule has 10 heavy (non-hydrogen) atoms. The molecule has 0 aliphatic carbocycles. The van der Waals surface area contributed by atoms with Crippen molar-refractivity contribution < 1.29 is 20.1 Å². The van der Waals surface area contributed by atoms with Gasteiger partial charge in [0.1, 0.15) is 6.10 Å². The second kappa shape index (κ2) is 2.53. The number of aliphatic hydroxyl groups excluding tert-OH is 3. The summed E-state index contributed by atoms with van der Waals surface area (Å²) in [6, 6.07) is 0. The maximum absolute atomic E-state index is 8.95. The second-order valence-electron chi connectivity index (χ2n) is 2.14. The zero-order valence-electron chi connectivity index (χ0n) is 5.19. The monoisotopic (exact) mass is 147 g/mol. The molecule has 58 valence electrons. The molecule has 0 aromatic rings. The number of nitrogens with one attached hydrogen (secondary N) is 1. The molecule has 5 heteroatoms. The van der Waals surface area contributed by atoms with Crippen molar-refractivity contribution in [3.8, 4) is 0 Å². The Bertz CT molecular complexity index is 149. The van der Waals surface area contributed by atoms with E-state index in [0.29, 0.717) is 0 Å². The summed E-state index contributed by atoms with van der Waals surface area (Å²) in [4.78, 5) is 0. The van der Waals surface area contributed by atoms with Crippen LogP contribution < -0.4 is 0 Å². The Kier molecular flexibility index (Phi) is 1.89. The summed E-state index contributed by atoms with van der Waals surface area (Å²) in [7, 11) is 0. The Morgan fingerprint density at radius 1 is 1.50 bits per heavy atom. The number of rotatable bonds is 1. The Morgan fingerprint density at radius 2 is 2.10 bits per heavy atom. The summed E-state index contributed by atoms with van der Waals surface area (Å²) in [5.41, 5.74) is 0. The standard InChI is InChI=1S/C5H9NO4/c6-5-4(9)3(8)2(1-7)10-5/h2-4,6-9H,1H2/t2-,3-,4+/m0/s1. The third-order valence-electron chi connectivity index (χ3n) is 1.43. The molecule has 0 spiro atoms. The van der Waals surface area contributed by atoms with E-state index in [4.69, 9.17) is 20.7 Å². The molecule has 1 heterocycles. The van der Waals surface area contributed by atoms with Gasteiger partial charge in [-0.05, 0) is 0 Å². The molecule has 4 N–H and O–H groups in total. The van der Waals surface area contributed by atoms with Crippen LogP contribution in [-0.4, -0.2) is 46.1 Å². The van der Waals surface area contributed by atoms with Crippen LogP contribution in [0.2, 0.25) is 0 Å². The molecule has 1 aliphatic rings. The van der Waals surface area contributed by atoms with Crippen LogP contribution in [-0.2, 0) is 4.74 Å². The van der Waals surface area contributed by atoms with Crippen LogP contribution >= 0.6 is 0 Å². The first-order valence-electron chi connectivity index (χ1n) is 2.89. The molecule has 1 rings (SSSR count). The van der Waals surface area contributed by atoms with Crippen molar-refractivity contribution >= 4 is 5.90 Å². The van der Waals surface area contributed by atoms with Gasteiger partial charge in [-0.3, -0.25) is 5.41 Å². The molecule has 0 amide bonds. The SMILES string of the molecule is N=C1O[C@@H](CO)[C@H](O)[C@H]1O. The molecule has 1 fully saturated rings. The van der Waals surface area contributed by atoms with Crippen LogP contribution in [0, 0.1) is 5.41 Å². The minimum absolute atomic E-state index is 0.383. The van der Waals surface area contributed by atoms with E-state index < -0.39 is 18.3 Å². The summed E-state index contributed by atoms with van der Waals surface area (Å²) < 4.78 is 4.57. The van der Waals surface area contributed by atoms with Crippen LogP contribution in [0.15, 0.2) is 0 Å². The lowest BCUT2D eigenvalue weighted by Gasteiger charge is -2.08. The molecule has 1 aliphatic heterocycles. The second-order valence-corrected chi connectivity index (χ2v) is 2.14. The third-order valence-corrected chi connectivity index (χ3v) is 1.43. The molecular formula is C5H9NO4. The van der Waals surface area contributed by atoms with Gasteiger partial charge in [-0.1, -0.05) is 0 Å². The van der Waals surface area contributed by atoms with Crippen LogP contribution in [0.3, 0.4) is 0 Å². The smallest absolute Gasteiger partial charge is 0.213 e. The normalized spacial score (nSPS) is 39.9. The fourth-order valence-electron chi connectivity index (χ4n) is 0.806. The van der Waals surface area contributed by atoms with E-state index in [-0.39, 0.29) is 12.5 Å². The fourth-order valence-corrected chi connectivity index (χ4v) is 0.806. The molecular weight excluding hydrogens is 138 g/mol. The Balaban J connectivity index is 2.61. The topological polar surface area (TPSA) is 93.8 Å². The zero-order chi connectivity index (χ0) is 7.72. The van der Waals surface area contributed by atoms with Crippen LogP contribution in [0.25, 0.3) is 0 Å². The molecule has 0 aromatic carbocycles. The van der Waals surface area contributed by atoms with Gasteiger partial charge in [0.2, 0.25) is 5.90 Å². The van der Waals surface area contributed by atoms with E-state index >= 15 is 0 Å². The fraction of sp³-hybridized carbons (Fsp3) is 0.800. The number of ether oxygens (including phenoxy) is 1. The maximum atomic E-state index is 8.95. The van der Waals surface area contributed by atoms with Gasteiger partial charge in [0.25, 0.3) is 0 Å². The van der Waals surface area contributed by atoms with Crippen molar-refractivity contribution in [1.29, 1.82) is 5.41 Å². The van der Waals surface area contributed by atoms with Gasteiger partial charge in [-0.2, -0.15) is 0 Å². The van der Waals surface area contributed by atoms with E-state index in [9.17, 15) is 0 Å². The van der Waals surface area contributed by atoms with Gasteiger partial charge in [0, 0.05) is 0 Å². The van der Waals surface area contributed by atoms with E-state index in [0.717, 1.165) is 0 Å². The van der Waals surface area contributed by atoms with Gasteiger partial charge < -0.3 is 20.1 Å². The summed E-state index contributed by atoms with van der Waals surface area (Å²) >= 11 is 0. The molecule has 5 nitrogen and oxygen atoms in total. The van der Waals surface area contributed by atoms with Gasteiger partial charge in [0.15, 0.2) is 12.2 Å².